The van der Waals surface area contributed by atoms with Crippen LogP contribution in [0.15, 0.2) is 18.2 Å². The van der Waals surface area contributed by atoms with Gasteiger partial charge in [0, 0.05) is 17.8 Å². The molecule has 0 aromatic heterocycles. The lowest BCUT2D eigenvalue weighted by Crippen LogP contribution is -2.36. The minimum Gasteiger partial charge on any atom is -0.486 e. The zero-order chi connectivity index (χ0) is 13.7. The third kappa shape index (κ3) is 3.73. The van der Waals surface area contributed by atoms with E-state index in [1.54, 1.807) is 0 Å². The number of thiocarbonyl (C=S) groups is 1. The van der Waals surface area contributed by atoms with Gasteiger partial charge < -0.3 is 20.1 Å². The number of benzene rings is 1. The molecule has 2 N–H and O–H groups in total. The molecule has 104 valence electrons. The Labute approximate surface area is 119 Å². The maximum atomic E-state index is 5.54. The first-order valence-corrected chi connectivity index (χ1v) is 7.11. The largest absolute Gasteiger partial charge is 0.486 e. The Morgan fingerprint density at radius 1 is 1.21 bits per heavy atom. The van der Waals surface area contributed by atoms with E-state index in [1.165, 1.54) is 0 Å². The lowest BCUT2D eigenvalue weighted by Gasteiger charge is -2.21. The van der Waals surface area contributed by atoms with Gasteiger partial charge in [0.1, 0.15) is 13.2 Å². The van der Waals surface area contributed by atoms with Crippen molar-refractivity contribution < 1.29 is 9.47 Å². The highest BCUT2D eigenvalue weighted by Gasteiger charge is 2.12. The molecule has 1 aromatic carbocycles. The molecule has 0 amide bonds. The van der Waals surface area contributed by atoms with Gasteiger partial charge in [0.05, 0.1) is 0 Å². The number of hydrogen-bond donors (Lipinski definition) is 2. The maximum absolute atomic E-state index is 5.54. The minimum absolute atomic E-state index is 0.414. The number of nitrogens with one attached hydrogen (secondary N) is 2. The summed E-state index contributed by atoms with van der Waals surface area (Å²) in [5, 5.41) is 7.11. The Morgan fingerprint density at radius 3 is 2.58 bits per heavy atom. The van der Waals surface area contributed by atoms with Crippen LogP contribution in [0.1, 0.15) is 26.7 Å². The molecule has 0 saturated carbocycles. The molecule has 1 aliphatic rings. The first kappa shape index (κ1) is 13.9. The summed E-state index contributed by atoms with van der Waals surface area (Å²) in [4.78, 5) is 0. The molecule has 5 heteroatoms. The van der Waals surface area contributed by atoms with Gasteiger partial charge in [-0.05, 0) is 37.2 Å². The van der Waals surface area contributed by atoms with Crippen molar-refractivity contribution in [1.29, 1.82) is 0 Å². The van der Waals surface area contributed by atoms with Gasteiger partial charge in [0.2, 0.25) is 0 Å². The number of ether oxygens (including phenoxy) is 2. The summed E-state index contributed by atoms with van der Waals surface area (Å²) in [5.74, 6) is 1.55. The van der Waals surface area contributed by atoms with Crippen LogP contribution in [0.25, 0.3) is 0 Å². The van der Waals surface area contributed by atoms with Gasteiger partial charge in [0.25, 0.3) is 0 Å². The molecule has 0 fully saturated rings. The van der Waals surface area contributed by atoms with Crippen LogP contribution in [0.4, 0.5) is 5.69 Å². The van der Waals surface area contributed by atoms with Crippen molar-refractivity contribution in [2.75, 3.05) is 18.5 Å². The zero-order valence-electron chi connectivity index (χ0n) is 11.4. The summed E-state index contributed by atoms with van der Waals surface area (Å²) in [5.41, 5.74) is 0.910. The van der Waals surface area contributed by atoms with Crippen LogP contribution >= 0.6 is 12.2 Å². The van der Waals surface area contributed by atoms with E-state index in [9.17, 15) is 0 Å². The number of fused-ring (bicyclic) bond motifs is 1. The van der Waals surface area contributed by atoms with Crippen LogP contribution in [0, 0.1) is 0 Å². The Balaban J connectivity index is 1.97. The van der Waals surface area contributed by atoms with E-state index >= 15 is 0 Å². The van der Waals surface area contributed by atoms with Gasteiger partial charge in [-0.15, -0.1) is 0 Å². The van der Waals surface area contributed by atoms with Gasteiger partial charge in [-0.25, -0.2) is 0 Å². The average molecular weight is 280 g/mol. The molecule has 2 rings (SSSR count). The molecular formula is C14H20N2O2S. The topological polar surface area (TPSA) is 42.5 Å². The van der Waals surface area contributed by atoms with Crippen LogP contribution in [0.2, 0.25) is 0 Å². The first-order valence-electron chi connectivity index (χ1n) is 6.70. The zero-order valence-corrected chi connectivity index (χ0v) is 12.2. The predicted octanol–water partition coefficient (Wildman–Crippen LogP) is 2.93. The summed E-state index contributed by atoms with van der Waals surface area (Å²) in [6.45, 7) is 5.49. The molecule has 0 aliphatic carbocycles. The fraction of sp³-hybridized carbons (Fsp3) is 0.500. The number of hydrogen-bond acceptors (Lipinski definition) is 3. The highest BCUT2D eigenvalue weighted by Crippen LogP contribution is 2.32. The van der Waals surface area contributed by atoms with Crippen molar-refractivity contribution in [3.63, 3.8) is 0 Å². The van der Waals surface area contributed by atoms with Crippen LogP contribution < -0.4 is 20.1 Å². The maximum Gasteiger partial charge on any atom is 0.170 e. The fourth-order valence-electron chi connectivity index (χ4n) is 1.97. The summed E-state index contributed by atoms with van der Waals surface area (Å²) >= 11 is 5.31. The predicted molar refractivity (Wildman–Crippen MR) is 81.2 cm³/mol. The van der Waals surface area contributed by atoms with E-state index in [2.05, 4.69) is 24.5 Å². The second-order valence-electron chi connectivity index (χ2n) is 4.47. The number of anilines is 1. The van der Waals surface area contributed by atoms with Crippen LogP contribution in [0.3, 0.4) is 0 Å². The van der Waals surface area contributed by atoms with Crippen LogP contribution in [0.5, 0.6) is 11.5 Å². The van der Waals surface area contributed by atoms with E-state index in [4.69, 9.17) is 21.7 Å². The lowest BCUT2D eigenvalue weighted by atomic mass is 10.2. The Morgan fingerprint density at radius 2 is 1.89 bits per heavy atom. The molecule has 19 heavy (non-hydrogen) atoms. The van der Waals surface area contributed by atoms with E-state index in [0.717, 1.165) is 30.0 Å². The second-order valence-corrected chi connectivity index (χ2v) is 4.88. The van der Waals surface area contributed by atoms with Crippen molar-refractivity contribution >= 4 is 23.0 Å². The van der Waals surface area contributed by atoms with E-state index < -0.39 is 0 Å². The molecule has 1 aromatic rings. The standard InChI is InChI=1S/C14H20N2O2S/c1-3-10(4-2)15-14(19)16-11-5-6-12-13(9-11)18-8-7-17-12/h5-6,9-10H,3-4,7-8H2,1-2H3,(H2,15,16,19). The lowest BCUT2D eigenvalue weighted by molar-refractivity contribution is 0.171. The SMILES string of the molecule is CCC(CC)NC(=S)Nc1ccc2c(c1)OCCO2. The molecule has 1 heterocycles. The molecule has 0 spiro atoms. The normalized spacial score (nSPS) is 13.2. The van der Waals surface area contributed by atoms with E-state index in [1.807, 2.05) is 18.2 Å². The Kier molecular flexibility index (Phi) is 4.85. The summed E-state index contributed by atoms with van der Waals surface area (Å²) in [7, 11) is 0. The van der Waals surface area contributed by atoms with Gasteiger partial charge in [-0.2, -0.15) is 0 Å². The molecule has 0 bridgehead atoms. The van der Waals surface area contributed by atoms with Crippen molar-refractivity contribution in [2.24, 2.45) is 0 Å². The molecule has 0 radical (unpaired) electrons. The molecular weight excluding hydrogens is 260 g/mol. The smallest absolute Gasteiger partial charge is 0.170 e. The highest BCUT2D eigenvalue weighted by molar-refractivity contribution is 7.80. The fourth-order valence-corrected chi connectivity index (χ4v) is 2.25. The molecule has 0 unspecified atom stereocenters. The first-order chi connectivity index (χ1) is 9.22. The van der Waals surface area contributed by atoms with Crippen molar-refractivity contribution in [1.82, 2.24) is 5.32 Å². The molecule has 1 aliphatic heterocycles. The monoisotopic (exact) mass is 280 g/mol. The van der Waals surface area contributed by atoms with Gasteiger partial charge in [0.15, 0.2) is 16.6 Å². The second kappa shape index (κ2) is 6.61. The third-order valence-electron chi connectivity index (χ3n) is 3.12. The summed E-state index contributed by atoms with van der Waals surface area (Å²) in [6, 6.07) is 6.16. The Hall–Kier alpha value is -1.49. The Bertz CT molecular complexity index is 447. The van der Waals surface area contributed by atoms with Crippen LogP contribution in [-0.4, -0.2) is 24.4 Å². The molecule has 0 saturated heterocycles. The number of rotatable bonds is 4. The molecule has 0 atom stereocenters. The minimum atomic E-state index is 0.414. The summed E-state index contributed by atoms with van der Waals surface area (Å²) in [6.07, 6.45) is 2.11. The van der Waals surface area contributed by atoms with Crippen molar-refractivity contribution in [2.45, 2.75) is 32.7 Å². The van der Waals surface area contributed by atoms with Gasteiger partial charge in [-0.1, -0.05) is 13.8 Å². The van der Waals surface area contributed by atoms with Crippen molar-refractivity contribution in [3.05, 3.63) is 18.2 Å². The van der Waals surface area contributed by atoms with Gasteiger partial charge >= 0.3 is 0 Å². The summed E-state index contributed by atoms with van der Waals surface area (Å²) < 4.78 is 11.0. The van der Waals surface area contributed by atoms with E-state index in [-0.39, 0.29) is 0 Å². The highest BCUT2D eigenvalue weighted by atomic mass is 32.1. The van der Waals surface area contributed by atoms with E-state index in [0.29, 0.717) is 24.4 Å². The van der Waals surface area contributed by atoms with Crippen LogP contribution in [-0.2, 0) is 0 Å². The molecule has 4 nitrogen and oxygen atoms in total. The quantitative estimate of drug-likeness (QED) is 0.830. The third-order valence-corrected chi connectivity index (χ3v) is 3.34. The van der Waals surface area contributed by atoms with Crippen molar-refractivity contribution in [3.8, 4) is 11.5 Å². The van der Waals surface area contributed by atoms with Gasteiger partial charge in [-0.3, -0.25) is 0 Å². The average Bonchev–Trinajstić information content (AvgIpc) is 2.44.